The lowest BCUT2D eigenvalue weighted by atomic mass is 10.2. The van der Waals surface area contributed by atoms with Gasteiger partial charge in [0.25, 0.3) is 5.69 Å². The molecule has 0 saturated carbocycles. The molecule has 0 aliphatic heterocycles. The lowest BCUT2D eigenvalue weighted by Gasteiger charge is -2.03. The summed E-state index contributed by atoms with van der Waals surface area (Å²) in [5, 5.41) is 14.2. The minimum absolute atomic E-state index is 0.0283. The largest absolute Gasteiger partial charge is 0.486 e. The van der Waals surface area contributed by atoms with Crippen LogP contribution in [0.3, 0.4) is 0 Å². The van der Waals surface area contributed by atoms with Crippen molar-refractivity contribution in [1.82, 2.24) is 0 Å². The standard InChI is InChI=1S/C19H15N3O6/c20-18(13-4-2-1-3-5-13)21-28-19(23)17-11-10-16(27-17)12-26-15-8-6-14(7-9-15)22(24)25/h1-11H,12H2,(H2,20,21). The number of hydrogen-bond donors (Lipinski definition) is 1. The van der Waals surface area contributed by atoms with Gasteiger partial charge in [-0.3, -0.25) is 10.1 Å². The second-order valence-electron chi connectivity index (χ2n) is 5.53. The van der Waals surface area contributed by atoms with Gasteiger partial charge in [0.2, 0.25) is 5.76 Å². The van der Waals surface area contributed by atoms with Crippen molar-refractivity contribution in [3.05, 3.63) is 93.9 Å². The van der Waals surface area contributed by atoms with E-state index in [4.69, 9.17) is 19.7 Å². The Bertz CT molecular complexity index is 996. The molecule has 0 bridgehead atoms. The van der Waals surface area contributed by atoms with E-state index in [0.717, 1.165) is 0 Å². The number of nitro benzene ring substituents is 1. The molecule has 2 aromatic carbocycles. The average Bonchev–Trinajstić information content (AvgIpc) is 3.20. The monoisotopic (exact) mass is 381 g/mol. The molecule has 142 valence electrons. The molecule has 0 spiro atoms. The molecule has 0 atom stereocenters. The highest BCUT2D eigenvalue weighted by molar-refractivity contribution is 5.97. The molecule has 0 saturated heterocycles. The van der Waals surface area contributed by atoms with E-state index in [1.54, 1.807) is 30.3 Å². The number of oxime groups is 1. The highest BCUT2D eigenvalue weighted by Crippen LogP contribution is 2.19. The zero-order valence-electron chi connectivity index (χ0n) is 14.5. The maximum Gasteiger partial charge on any atom is 0.400 e. The van der Waals surface area contributed by atoms with E-state index in [1.165, 1.54) is 30.3 Å². The summed E-state index contributed by atoms with van der Waals surface area (Å²) in [6, 6.07) is 17.4. The zero-order chi connectivity index (χ0) is 19.9. The summed E-state index contributed by atoms with van der Waals surface area (Å²) >= 11 is 0. The number of nitrogens with two attached hydrogens (primary N) is 1. The van der Waals surface area contributed by atoms with Gasteiger partial charge in [-0.1, -0.05) is 35.5 Å². The van der Waals surface area contributed by atoms with E-state index in [-0.39, 0.29) is 23.9 Å². The van der Waals surface area contributed by atoms with Gasteiger partial charge in [0.05, 0.1) is 4.92 Å². The molecule has 0 amide bonds. The third-order valence-electron chi connectivity index (χ3n) is 3.59. The molecule has 0 unspecified atom stereocenters. The topological polar surface area (TPSA) is 130 Å². The quantitative estimate of drug-likeness (QED) is 0.218. The summed E-state index contributed by atoms with van der Waals surface area (Å²) in [5.41, 5.74) is 6.33. The molecule has 9 heteroatoms. The number of carbonyl (C=O) groups is 1. The van der Waals surface area contributed by atoms with Crippen LogP contribution in [0.25, 0.3) is 0 Å². The Morgan fingerprint density at radius 2 is 1.79 bits per heavy atom. The predicted octanol–water partition coefficient (Wildman–Crippen LogP) is 3.24. The van der Waals surface area contributed by atoms with E-state index in [2.05, 4.69) is 5.16 Å². The number of nitrogens with zero attached hydrogens (tertiary/aromatic N) is 2. The van der Waals surface area contributed by atoms with Crippen LogP contribution in [-0.2, 0) is 11.4 Å². The number of amidine groups is 1. The Morgan fingerprint density at radius 1 is 1.07 bits per heavy atom. The molecule has 0 aliphatic carbocycles. The van der Waals surface area contributed by atoms with E-state index in [9.17, 15) is 14.9 Å². The van der Waals surface area contributed by atoms with Crippen LogP contribution < -0.4 is 10.5 Å². The first kappa shape index (κ1) is 18.6. The number of carbonyl (C=O) groups excluding carboxylic acids is 1. The normalized spacial score (nSPS) is 11.1. The van der Waals surface area contributed by atoms with Gasteiger partial charge < -0.3 is 19.7 Å². The average molecular weight is 381 g/mol. The summed E-state index contributed by atoms with van der Waals surface area (Å²) in [6.07, 6.45) is 0. The summed E-state index contributed by atoms with van der Waals surface area (Å²) in [5.74, 6) is -0.0220. The molecule has 1 heterocycles. The fraction of sp³-hybridized carbons (Fsp3) is 0.0526. The second-order valence-corrected chi connectivity index (χ2v) is 5.53. The minimum atomic E-state index is -0.805. The summed E-state index contributed by atoms with van der Waals surface area (Å²) in [7, 11) is 0. The number of rotatable bonds is 7. The van der Waals surface area contributed by atoms with Crippen molar-refractivity contribution < 1.29 is 23.7 Å². The van der Waals surface area contributed by atoms with Crippen molar-refractivity contribution >= 4 is 17.5 Å². The highest BCUT2D eigenvalue weighted by Gasteiger charge is 2.14. The molecule has 9 nitrogen and oxygen atoms in total. The van der Waals surface area contributed by atoms with E-state index < -0.39 is 10.9 Å². The minimum Gasteiger partial charge on any atom is -0.486 e. The van der Waals surface area contributed by atoms with Crippen LogP contribution in [0.15, 0.2) is 76.3 Å². The van der Waals surface area contributed by atoms with Gasteiger partial charge in [0.15, 0.2) is 5.84 Å². The Hall–Kier alpha value is -4.14. The molecule has 3 aromatic rings. The summed E-state index contributed by atoms with van der Waals surface area (Å²) in [4.78, 5) is 26.9. The number of nitro groups is 1. The predicted molar refractivity (Wildman–Crippen MR) is 98.7 cm³/mol. The second kappa shape index (κ2) is 8.49. The third kappa shape index (κ3) is 4.73. The summed E-state index contributed by atoms with van der Waals surface area (Å²) < 4.78 is 10.8. The molecular formula is C19H15N3O6. The fourth-order valence-corrected chi connectivity index (χ4v) is 2.18. The van der Waals surface area contributed by atoms with Crippen molar-refractivity contribution in [2.24, 2.45) is 10.9 Å². The first-order valence-corrected chi connectivity index (χ1v) is 8.09. The van der Waals surface area contributed by atoms with Gasteiger partial charge in [-0.2, -0.15) is 0 Å². The first-order chi connectivity index (χ1) is 13.5. The van der Waals surface area contributed by atoms with Gasteiger partial charge in [-0.25, -0.2) is 4.79 Å². The third-order valence-corrected chi connectivity index (χ3v) is 3.59. The molecule has 0 radical (unpaired) electrons. The molecule has 28 heavy (non-hydrogen) atoms. The molecule has 0 aliphatic rings. The Labute approximate surface area is 159 Å². The van der Waals surface area contributed by atoms with Gasteiger partial charge in [-0.15, -0.1) is 0 Å². The smallest absolute Gasteiger partial charge is 0.400 e. The number of furan rings is 1. The highest BCUT2D eigenvalue weighted by atomic mass is 16.7. The maximum atomic E-state index is 12.0. The van der Waals surface area contributed by atoms with E-state index in [0.29, 0.717) is 17.1 Å². The van der Waals surface area contributed by atoms with Crippen molar-refractivity contribution in [2.75, 3.05) is 0 Å². The van der Waals surface area contributed by atoms with E-state index >= 15 is 0 Å². The lowest BCUT2D eigenvalue weighted by Crippen LogP contribution is -2.14. The number of hydrogen-bond acceptors (Lipinski definition) is 7. The SMILES string of the molecule is N/C(=N\OC(=O)c1ccc(COc2ccc([N+](=O)[O-])cc2)o1)c1ccccc1. The van der Waals surface area contributed by atoms with Crippen LogP contribution in [0.1, 0.15) is 21.9 Å². The molecule has 2 N–H and O–H groups in total. The van der Waals surface area contributed by atoms with Crippen LogP contribution in [0.4, 0.5) is 5.69 Å². The van der Waals surface area contributed by atoms with E-state index in [1.807, 2.05) is 6.07 Å². The van der Waals surface area contributed by atoms with Crippen molar-refractivity contribution in [1.29, 1.82) is 0 Å². The van der Waals surface area contributed by atoms with Crippen molar-refractivity contribution in [3.8, 4) is 5.75 Å². The van der Waals surface area contributed by atoms with Gasteiger partial charge in [0.1, 0.15) is 18.1 Å². The molecule has 1 aromatic heterocycles. The van der Waals surface area contributed by atoms with Crippen LogP contribution in [0, 0.1) is 10.1 Å². The number of ether oxygens (including phenoxy) is 1. The van der Waals surface area contributed by atoms with Gasteiger partial charge in [-0.05, 0) is 24.3 Å². The first-order valence-electron chi connectivity index (χ1n) is 8.09. The number of non-ortho nitro benzene ring substituents is 1. The zero-order valence-corrected chi connectivity index (χ0v) is 14.5. The van der Waals surface area contributed by atoms with Crippen LogP contribution >= 0.6 is 0 Å². The van der Waals surface area contributed by atoms with Crippen molar-refractivity contribution in [3.63, 3.8) is 0 Å². The molecular weight excluding hydrogens is 366 g/mol. The van der Waals surface area contributed by atoms with Crippen LogP contribution in [0.5, 0.6) is 5.75 Å². The fourth-order valence-electron chi connectivity index (χ4n) is 2.18. The number of benzene rings is 2. The molecule has 3 rings (SSSR count). The maximum absolute atomic E-state index is 12.0. The Morgan fingerprint density at radius 3 is 2.46 bits per heavy atom. The Balaban J connectivity index is 1.56. The Kier molecular flexibility index (Phi) is 5.66. The summed E-state index contributed by atoms with van der Waals surface area (Å²) in [6.45, 7) is 0.0283. The van der Waals surface area contributed by atoms with Crippen LogP contribution in [-0.4, -0.2) is 16.7 Å². The van der Waals surface area contributed by atoms with Crippen molar-refractivity contribution in [2.45, 2.75) is 6.61 Å². The molecule has 0 fully saturated rings. The van der Waals surface area contributed by atoms with Gasteiger partial charge >= 0.3 is 5.97 Å². The van der Waals surface area contributed by atoms with Crippen LogP contribution in [0.2, 0.25) is 0 Å². The lowest BCUT2D eigenvalue weighted by molar-refractivity contribution is -0.384. The van der Waals surface area contributed by atoms with Gasteiger partial charge in [0, 0.05) is 17.7 Å².